The van der Waals surface area contributed by atoms with Crippen LogP contribution in [0.3, 0.4) is 0 Å². The molecule has 4 aromatic rings. The molecule has 0 aliphatic heterocycles. The number of aromatic nitrogens is 2. The van der Waals surface area contributed by atoms with E-state index in [1.165, 1.54) is 12.1 Å². The first-order valence-electron chi connectivity index (χ1n) is 8.85. The highest BCUT2D eigenvalue weighted by Crippen LogP contribution is 2.31. The SMILES string of the molecule is N#Cc1ccccc1-c1cc(-c2ccc(Cl)cc2)nn1-c1ccc(S(N)(=O)=O)cc1. The minimum Gasteiger partial charge on any atom is -0.232 e. The van der Waals surface area contributed by atoms with Gasteiger partial charge in [0.2, 0.25) is 10.0 Å². The summed E-state index contributed by atoms with van der Waals surface area (Å²) in [7, 11) is -3.80. The van der Waals surface area contributed by atoms with Gasteiger partial charge in [0.1, 0.15) is 0 Å². The number of nitrogens with zero attached hydrogens (tertiary/aromatic N) is 3. The summed E-state index contributed by atoms with van der Waals surface area (Å²) in [6.07, 6.45) is 0. The molecule has 3 aromatic carbocycles. The quantitative estimate of drug-likeness (QED) is 0.514. The monoisotopic (exact) mass is 434 g/mol. The Morgan fingerprint density at radius 1 is 0.967 bits per heavy atom. The van der Waals surface area contributed by atoms with Gasteiger partial charge in [-0.3, -0.25) is 0 Å². The fourth-order valence-electron chi connectivity index (χ4n) is 3.11. The van der Waals surface area contributed by atoms with E-state index in [0.717, 1.165) is 5.56 Å². The Labute approximate surface area is 178 Å². The molecule has 1 heterocycles. The van der Waals surface area contributed by atoms with Crippen LogP contribution in [0.4, 0.5) is 0 Å². The van der Waals surface area contributed by atoms with E-state index < -0.39 is 10.0 Å². The van der Waals surface area contributed by atoms with Crippen LogP contribution in [0.5, 0.6) is 0 Å². The molecule has 0 saturated carbocycles. The fraction of sp³-hybridized carbons (Fsp3) is 0. The van der Waals surface area contributed by atoms with Crippen molar-refractivity contribution in [1.29, 1.82) is 5.26 Å². The molecule has 0 bridgehead atoms. The van der Waals surface area contributed by atoms with Crippen LogP contribution in [0.25, 0.3) is 28.2 Å². The fourth-order valence-corrected chi connectivity index (χ4v) is 3.75. The van der Waals surface area contributed by atoms with Crippen LogP contribution in [-0.4, -0.2) is 18.2 Å². The lowest BCUT2D eigenvalue weighted by atomic mass is 10.0. The lowest BCUT2D eigenvalue weighted by Crippen LogP contribution is -2.12. The number of benzene rings is 3. The van der Waals surface area contributed by atoms with E-state index >= 15 is 0 Å². The zero-order chi connectivity index (χ0) is 21.3. The van der Waals surface area contributed by atoms with Gasteiger partial charge in [-0.2, -0.15) is 10.4 Å². The van der Waals surface area contributed by atoms with E-state index in [4.69, 9.17) is 21.8 Å². The highest BCUT2D eigenvalue weighted by Gasteiger charge is 2.16. The maximum Gasteiger partial charge on any atom is 0.238 e. The summed E-state index contributed by atoms with van der Waals surface area (Å²) in [6, 6.07) is 24.7. The third-order valence-electron chi connectivity index (χ3n) is 4.58. The Balaban J connectivity index is 1.92. The van der Waals surface area contributed by atoms with Crippen molar-refractivity contribution in [2.75, 3.05) is 0 Å². The van der Waals surface area contributed by atoms with Gasteiger partial charge in [-0.1, -0.05) is 41.9 Å². The van der Waals surface area contributed by atoms with Gasteiger partial charge in [-0.15, -0.1) is 0 Å². The minimum absolute atomic E-state index is 0.00954. The highest BCUT2D eigenvalue weighted by atomic mass is 35.5. The van der Waals surface area contributed by atoms with E-state index in [9.17, 15) is 13.7 Å². The summed E-state index contributed by atoms with van der Waals surface area (Å²) in [4.78, 5) is 0.00954. The summed E-state index contributed by atoms with van der Waals surface area (Å²) in [5.74, 6) is 0. The molecule has 0 aliphatic rings. The summed E-state index contributed by atoms with van der Waals surface area (Å²) in [5.41, 5.74) is 4.08. The minimum atomic E-state index is -3.80. The van der Waals surface area contributed by atoms with Gasteiger partial charge in [0.15, 0.2) is 0 Å². The van der Waals surface area contributed by atoms with Gasteiger partial charge in [-0.05, 0) is 48.5 Å². The molecule has 2 N–H and O–H groups in total. The van der Waals surface area contributed by atoms with Crippen LogP contribution in [0.2, 0.25) is 5.02 Å². The second kappa shape index (κ2) is 7.76. The molecular weight excluding hydrogens is 420 g/mol. The van der Waals surface area contributed by atoms with Crippen molar-refractivity contribution in [2.45, 2.75) is 4.90 Å². The second-order valence-corrected chi connectivity index (χ2v) is 8.53. The lowest BCUT2D eigenvalue weighted by Gasteiger charge is -2.09. The molecule has 148 valence electrons. The molecular formula is C22H15ClN4O2S. The number of primary sulfonamides is 1. The third kappa shape index (κ3) is 3.84. The molecule has 30 heavy (non-hydrogen) atoms. The molecule has 0 atom stereocenters. The second-order valence-electron chi connectivity index (χ2n) is 6.53. The van der Waals surface area contributed by atoms with Crippen molar-refractivity contribution >= 4 is 21.6 Å². The van der Waals surface area contributed by atoms with Crippen LogP contribution in [-0.2, 0) is 10.0 Å². The number of hydrogen-bond acceptors (Lipinski definition) is 4. The molecule has 1 aromatic heterocycles. The van der Waals surface area contributed by atoms with Gasteiger partial charge in [0.25, 0.3) is 0 Å². The Morgan fingerprint density at radius 2 is 1.63 bits per heavy atom. The van der Waals surface area contributed by atoms with Crippen LogP contribution < -0.4 is 5.14 Å². The Morgan fingerprint density at radius 3 is 2.27 bits per heavy atom. The first-order chi connectivity index (χ1) is 14.4. The standard InChI is InChI=1S/C22H15ClN4O2S/c23-17-7-5-15(6-8-17)21-13-22(20-4-2-1-3-16(20)14-24)27(26-21)18-9-11-19(12-10-18)30(25,28)29/h1-13H,(H2,25,28,29). The normalized spacial score (nSPS) is 11.2. The number of nitriles is 1. The number of halogens is 1. The molecule has 0 saturated heterocycles. The molecule has 8 heteroatoms. The van der Waals surface area contributed by atoms with Crippen LogP contribution in [0.15, 0.2) is 83.8 Å². The zero-order valence-electron chi connectivity index (χ0n) is 15.5. The molecule has 0 spiro atoms. The highest BCUT2D eigenvalue weighted by molar-refractivity contribution is 7.89. The van der Waals surface area contributed by atoms with E-state index in [0.29, 0.717) is 33.2 Å². The predicted octanol–water partition coefficient (Wildman–Crippen LogP) is 4.38. The van der Waals surface area contributed by atoms with Crippen molar-refractivity contribution in [1.82, 2.24) is 9.78 Å². The van der Waals surface area contributed by atoms with E-state index in [1.54, 1.807) is 41.1 Å². The van der Waals surface area contributed by atoms with Gasteiger partial charge < -0.3 is 0 Å². The topological polar surface area (TPSA) is 102 Å². The van der Waals surface area contributed by atoms with E-state index in [-0.39, 0.29) is 4.90 Å². The van der Waals surface area contributed by atoms with E-state index in [1.807, 2.05) is 30.3 Å². The van der Waals surface area contributed by atoms with Gasteiger partial charge in [0.05, 0.1) is 33.6 Å². The predicted molar refractivity (Wildman–Crippen MR) is 116 cm³/mol. The Bertz CT molecular complexity index is 1370. The van der Waals surface area contributed by atoms with Gasteiger partial charge in [-0.25, -0.2) is 18.2 Å². The first kappa shape index (κ1) is 19.9. The van der Waals surface area contributed by atoms with Crippen molar-refractivity contribution in [3.05, 3.63) is 89.4 Å². The average molecular weight is 435 g/mol. The maximum atomic E-state index is 11.6. The molecule has 0 unspecified atom stereocenters. The van der Waals surface area contributed by atoms with Crippen molar-refractivity contribution in [3.63, 3.8) is 0 Å². The summed E-state index contributed by atoms with van der Waals surface area (Å²) < 4.78 is 24.8. The number of sulfonamides is 1. The molecule has 0 fully saturated rings. The first-order valence-corrected chi connectivity index (χ1v) is 10.8. The van der Waals surface area contributed by atoms with Gasteiger partial charge >= 0.3 is 0 Å². The third-order valence-corrected chi connectivity index (χ3v) is 5.76. The smallest absolute Gasteiger partial charge is 0.232 e. The summed E-state index contributed by atoms with van der Waals surface area (Å²) in [6.45, 7) is 0. The van der Waals surface area contributed by atoms with E-state index in [2.05, 4.69) is 6.07 Å². The van der Waals surface area contributed by atoms with Crippen molar-refractivity contribution < 1.29 is 8.42 Å². The van der Waals surface area contributed by atoms with Gasteiger partial charge in [0, 0.05) is 16.1 Å². The molecule has 6 nitrogen and oxygen atoms in total. The van der Waals surface area contributed by atoms with Crippen molar-refractivity contribution in [3.8, 4) is 34.3 Å². The Hall–Kier alpha value is -3.44. The average Bonchev–Trinajstić information content (AvgIpc) is 3.19. The Kier molecular flexibility index (Phi) is 5.14. The molecule has 0 aliphatic carbocycles. The number of nitrogens with two attached hydrogens (primary N) is 1. The zero-order valence-corrected chi connectivity index (χ0v) is 17.1. The van der Waals surface area contributed by atoms with Crippen LogP contribution in [0, 0.1) is 11.3 Å². The molecule has 0 amide bonds. The molecule has 4 rings (SSSR count). The maximum absolute atomic E-state index is 11.6. The van der Waals surface area contributed by atoms with Crippen molar-refractivity contribution in [2.24, 2.45) is 5.14 Å². The number of hydrogen-bond donors (Lipinski definition) is 1. The van der Waals surface area contributed by atoms with Crippen LogP contribution >= 0.6 is 11.6 Å². The van der Waals surface area contributed by atoms with Crippen LogP contribution in [0.1, 0.15) is 5.56 Å². The molecule has 0 radical (unpaired) electrons. The largest absolute Gasteiger partial charge is 0.238 e. The summed E-state index contributed by atoms with van der Waals surface area (Å²) >= 11 is 6.00. The number of rotatable bonds is 4. The summed E-state index contributed by atoms with van der Waals surface area (Å²) in [5, 5.41) is 20.1. The lowest BCUT2D eigenvalue weighted by molar-refractivity contribution is 0.598.